The van der Waals surface area contributed by atoms with E-state index >= 15 is 0 Å². The third-order valence-electron chi connectivity index (χ3n) is 4.89. The Bertz CT molecular complexity index is 934. The quantitative estimate of drug-likeness (QED) is 0.656. The SMILES string of the molecule is Cc1nn(CC(C)C)c2sc(C(=O)N3CCc4sccc4[C@@H]3C)cc12. The molecule has 6 heteroatoms. The molecule has 0 saturated heterocycles. The Morgan fingerprint density at radius 1 is 1.44 bits per heavy atom. The number of nitrogens with zero attached hydrogens (tertiary/aromatic N) is 3. The standard InChI is InChI=1S/C19H23N3OS2/c1-11(2)10-22-19-15(12(3)20-22)9-17(25-19)18(23)21-7-5-16-14(13(21)4)6-8-24-16/h6,8-9,11,13H,5,7,10H2,1-4H3/t13-/m0/s1. The second-order valence-corrected chi connectivity index (χ2v) is 9.25. The zero-order chi connectivity index (χ0) is 17.7. The molecule has 0 radical (unpaired) electrons. The molecule has 0 bridgehead atoms. The van der Waals surface area contributed by atoms with Gasteiger partial charge in [-0.1, -0.05) is 13.8 Å². The first-order valence-electron chi connectivity index (χ1n) is 8.80. The van der Waals surface area contributed by atoms with E-state index in [1.54, 1.807) is 22.7 Å². The number of carbonyl (C=O) groups excluding carboxylic acids is 1. The highest BCUT2D eigenvalue weighted by Gasteiger charge is 2.30. The number of hydrogen-bond donors (Lipinski definition) is 0. The Morgan fingerprint density at radius 3 is 3.00 bits per heavy atom. The van der Waals surface area contributed by atoms with Crippen molar-refractivity contribution in [2.75, 3.05) is 6.54 Å². The molecule has 0 spiro atoms. The number of hydrogen-bond acceptors (Lipinski definition) is 4. The van der Waals surface area contributed by atoms with Gasteiger partial charge in [0.05, 0.1) is 16.6 Å². The number of aromatic nitrogens is 2. The van der Waals surface area contributed by atoms with Crippen molar-refractivity contribution in [3.05, 3.63) is 38.5 Å². The van der Waals surface area contributed by atoms with Gasteiger partial charge in [-0.2, -0.15) is 5.10 Å². The Balaban J connectivity index is 1.67. The first-order valence-corrected chi connectivity index (χ1v) is 10.5. The molecule has 1 aliphatic heterocycles. The maximum atomic E-state index is 13.2. The van der Waals surface area contributed by atoms with Crippen LogP contribution < -0.4 is 0 Å². The van der Waals surface area contributed by atoms with Gasteiger partial charge < -0.3 is 4.90 Å². The van der Waals surface area contributed by atoms with Crippen molar-refractivity contribution in [1.82, 2.24) is 14.7 Å². The van der Waals surface area contributed by atoms with Crippen LogP contribution in [-0.4, -0.2) is 27.1 Å². The summed E-state index contributed by atoms with van der Waals surface area (Å²) in [5.74, 6) is 0.684. The molecular weight excluding hydrogens is 350 g/mol. The van der Waals surface area contributed by atoms with Crippen LogP contribution in [-0.2, 0) is 13.0 Å². The first kappa shape index (κ1) is 16.8. The van der Waals surface area contributed by atoms with Crippen molar-refractivity contribution in [3.8, 4) is 0 Å². The fourth-order valence-corrected chi connectivity index (χ4v) is 5.71. The molecule has 0 unspecified atom stereocenters. The zero-order valence-electron chi connectivity index (χ0n) is 15.1. The number of thiophene rings is 2. The van der Waals surface area contributed by atoms with Crippen molar-refractivity contribution in [2.45, 2.75) is 46.7 Å². The van der Waals surface area contributed by atoms with Gasteiger partial charge in [0.15, 0.2) is 0 Å². The molecule has 1 atom stereocenters. The lowest BCUT2D eigenvalue weighted by Crippen LogP contribution is -2.37. The number of fused-ring (bicyclic) bond motifs is 2. The van der Waals surface area contributed by atoms with E-state index < -0.39 is 0 Å². The minimum Gasteiger partial charge on any atom is -0.331 e. The van der Waals surface area contributed by atoms with E-state index in [0.717, 1.165) is 40.3 Å². The minimum atomic E-state index is 0.154. The average Bonchev–Trinajstić information content (AvgIpc) is 3.25. The van der Waals surface area contributed by atoms with E-state index in [4.69, 9.17) is 0 Å². The highest BCUT2D eigenvalue weighted by atomic mass is 32.1. The molecule has 3 aromatic heterocycles. The zero-order valence-corrected chi connectivity index (χ0v) is 16.7. The summed E-state index contributed by atoms with van der Waals surface area (Å²) >= 11 is 3.39. The van der Waals surface area contributed by atoms with E-state index in [-0.39, 0.29) is 11.9 Å². The normalized spacial score (nSPS) is 17.5. The summed E-state index contributed by atoms with van der Waals surface area (Å²) < 4.78 is 2.06. The molecule has 1 amide bonds. The molecule has 132 valence electrons. The van der Waals surface area contributed by atoms with Crippen molar-refractivity contribution in [1.29, 1.82) is 0 Å². The molecule has 3 aromatic rings. The van der Waals surface area contributed by atoms with Crippen LogP contribution in [0.2, 0.25) is 0 Å². The monoisotopic (exact) mass is 373 g/mol. The molecule has 4 nitrogen and oxygen atoms in total. The topological polar surface area (TPSA) is 38.1 Å². The van der Waals surface area contributed by atoms with Crippen LogP contribution in [0.5, 0.6) is 0 Å². The van der Waals surface area contributed by atoms with Crippen LogP contribution in [0.25, 0.3) is 10.2 Å². The summed E-state index contributed by atoms with van der Waals surface area (Å²) in [5.41, 5.74) is 2.32. The van der Waals surface area contributed by atoms with Gasteiger partial charge in [-0.25, -0.2) is 0 Å². The van der Waals surface area contributed by atoms with E-state index in [1.165, 1.54) is 10.4 Å². The van der Waals surface area contributed by atoms with E-state index in [9.17, 15) is 4.79 Å². The fourth-order valence-electron chi connectivity index (χ4n) is 3.62. The third kappa shape index (κ3) is 2.81. The summed E-state index contributed by atoms with van der Waals surface area (Å²) in [6.07, 6.45) is 0.966. The molecule has 4 rings (SSSR count). The fraction of sp³-hybridized carbons (Fsp3) is 0.474. The average molecular weight is 374 g/mol. The molecule has 0 N–H and O–H groups in total. The Hall–Kier alpha value is -1.66. The van der Waals surface area contributed by atoms with Crippen molar-refractivity contribution < 1.29 is 4.79 Å². The molecule has 0 saturated carbocycles. The number of rotatable bonds is 3. The second-order valence-electron chi connectivity index (χ2n) is 7.21. The molecule has 1 aliphatic rings. The molecule has 0 fully saturated rings. The summed E-state index contributed by atoms with van der Waals surface area (Å²) in [7, 11) is 0. The second kappa shape index (κ2) is 6.25. The summed E-state index contributed by atoms with van der Waals surface area (Å²) in [6, 6.07) is 4.36. The highest BCUT2D eigenvalue weighted by Crippen LogP contribution is 2.36. The van der Waals surface area contributed by atoms with Crippen LogP contribution in [0.4, 0.5) is 0 Å². The lowest BCUT2D eigenvalue weighted by Gasteiger charge is -2.33. The molecule has 0 aromatic carbocycles. The van der Waals surface area contributed by atoms with Gasteiger partial charge in [-0.05, 0) is 49.3 Å². The molecule has 0 aliphatic carbocycles. The summed E-state index contributed by atoms with van der Waals surface area (Å²) in [5, 5.41) is 7.90. The summed E-state index contributed by atoms with van der Waals surface area (Å²) in [4.78, 5) is 18.6. The number of carbonyl (C=O) groups is 1. The molecule has 4 heterocycles. The van der Waals surface area contributed by atoms with Crippen molar-refractivity contribution in [3.63, 3.8) is 0 Å². The first-order chi connectivity index (χ1) is 12.0. The van der Waals surface area contributed by atoms with Gasteiger partial charge in [0.25, 0.3) is 5.91 Å². The van der Waals surface area contributed by atoms with Crippen LogP contribution in [0.1, 0.15) is 52.6 Å². The predicted octanol–water partition coefficient (Wildman–Crippen LogP) is 4.88. The van der Waals surface area contributed by atoms with E-state index in [1.807, 2.05) is 17.9 Å². The van der Waals surface area contributed by atoms with E-state index in [2.05, 4.69) is 42.0 Å². The summed E-state index contributed by atoms with van der Waals surface area (Å²) in [6.45, 7) is 10.2. The maximum Gasteiger partial charge on any atom is 0.264 e. The minimum absolute atomic E-state index is 0.154. The van der Waals surface area contributed by atoms with Crippen molar-refractivity contribution >= 4 is 38.8 Å². The Kier molecular flexibility index (Phi) is 4.20. The third-order valence-corrected chi connectivity index (χ3v) is 7.03. The van der Waals surface area contributed by atoms with E-state index in [0.29, 0.717) is 5.92 Å². The molecule has 25 heavy (non-hydrogen) atoms. The van der Waals surface area contributed by atoms with Gasteiger partial charge in [-0.3, -0.25) is 9.48 Å². The van der Waals surface area contributed by atoms with Crippen LogP contribution in [0.3, 0.4) is 0 Å². The largest absolute Gasteiger partial charge is 0.331 e. The van der Waals surface area contributed by atoms with Crippen molar-refractivity contribution in [2.24, 2.45) is 5.92 Å². The number of amides is 1. The Morgan fingerprint density at radius 2 is 2.24 bits per heavy atom. The van der Waals surface area contributed by atoms with Crippen LogP contribution in [0, 0.1) is 12.8 Å². The van der Waals surface area contributed by atoms with Gasteiger partial charge >= 0.3 is 0 Å². The Labute approximate surface area is 156 Å². The smallest absolute Gasteiger partial charge is 0.264 e. The predicted molar refractivity (Wildman–Crippen MR) is 105 cm³/mol. The van der Waals surface area contributed by atoms with Gasteiger partial charge in [0.1, 0.15) is 4.83 Å². The lowest BCUT2D eigenvalue weighted by atomic mass is 10.0. The van der Waals surface area contributed by atoms with Gasteiger partial charge in [0.2, 0.25) is 0 Å². The molecular formula is C19H23N3OS2. The van der Waals surface area contributed by atoms with Gasteiger partial charge in [0, 0.05) is 23.4 Å². The van der Waals surface area contributed by atoms with Gasteiger partial charge in [-0.15, -0.1) is 22.7 Å². The maximum absolute atomic E-state index is 13.2. The highest BCUT2D eigenvalue weighted by molar-refractivity contribution is 7.20. The van der Waals surface area contributed by atoms with Crippen LogP contribution >= 0.6 is 22.7 Å². The number of aryl methyl sites for hydroxylation is 1. The lowest BCUT2D eigenvalue weighted by molar-refractivity contribution is 0.0684. The van der Waals surface area contributed by atoms with Crippen LogP contribution in [0.15, 0.2) is 17.5 Å².